The number of hydrogen-bond donors (Lipinski definition) is 2. The summed E-state index contributed by atoms with van der Waals surface area (Å²) < 4.78 is 0. The van der Waals surface area contributed by atoms with Crippen LogP contribution < -0.4 is 15.5 Å². The first kappa shape index (κ1) is 14.9. The number of carbonyl (C=O) groups excluding carboxylic acids is 3. The molecule has 1 aromatic rings. The van der Waals surface area contributed by atoms with Crippen LogP contribution in [-0.4, -0.2) is 53.8 Å². The van der Waals surface area contributed by atoms with Gasteiger partial charge in [-0.1, -0.05) is 6.07 Å². The van der Waals surface area contributed by atoms with E-state index in [2.05, 4.69) is 21.6 Å². The number of hydrogen-bond acceptors (Lipinski definition) is 5. The Hall–Kier alpha value is -2.41. The van der Waals surface area contributed by atoms with Gasteiger partial charge in [0.15, 0.2) is 0 Å². The molecule has 0 spiro atoms. The minimum absolute atomic E-state index is 0.105. The van der Waals surface area contributed by atoms with Crippen molar-refractivity contribution in [2.45, 2.75) is 43.9 Å². The SMILES string of the molecule is O=C1CCC(N2Cc3c(cccc3N3CC4CC(C3)N4)C2=O)C(=O)N1. The molecule has 25 heavy (non-hydrogen) atoms. The third-order valence-electron chi connectivity index (χ3n) is 5.82. The van der Waals surface area contributed by atoms with E-state index in [1.807, 2.05) is 12.1 Å². The number of imide groups is 1. The average molecular weight is 340 g/mol. The van der Waals surface area contributed by atoms with E-state index in [0.29, 0.717) is 30.6 Å². The maximum absolute atomic E-state index is 12.9. The molecule has 130 valence electrons. The molecule has 4 saturated heterocycles. The minimum Gasteiger partial charge on any atom is -0.368 e. The van der Waals surface area contributed by atoms with Gasteiger partial charge >= 0.3 is 0 Å². The van der Waals surface area contributed by atoms with Crippen molar-refractivity contribution in [3.63, 3.8) is 0 Å². The van der Waals surface area contributed by atoms with Gasteiger partial charge in [-0.15, -0.1) is 0 Å². The summed E-state index contributed by atoms with van der Waals surface area (Å²) >= 11 is 0. The first-order valence-electron chi connectivity index (χ1n) is 8.87. The molecule has 0 aromatic heterocycles. The Morgan fingerprint density at radius 2 is 1.84 bits per heavy atom. The van der Waals surface area contributed by atoms with Crippen LogP contribution in [0.2, 0.25) is 0 Å². The van der Waals surface area contributed by atoms with Crippen LogP contribution in [-0.2, 0) is 16.1 Å². The van der Waals surface area contributed by atoms with E-state index in [0.717, 1.165) is 24.3 Å². The van der Waals surface area contributed by atoms with Crippen molar-refractivity contribution in [2.24, 2.45) is 0 Å². The molecule has 3 unspecified atom stereocenters. The lowest BCUT2D eigenvalue weighted by Crippen LogP contribution is -2.67. The predicted octanol–water partition coefficient (Wildman–Crippen LogP) is -0.00190. The second-order valence-electron chi connectivity index (χ2n) is 7.40. The number of piperidine rings is 2. The number of carbonyl (C=O) groups is 3. The lowest BCUT2D eigenvalue weighted by molar-refractivity contribution is -0.136. The highest BCUT2D eigenvalue weighted by Gasteiger charge is 2.42. The van der Waals surface area contributed by atoms with Crippen LogP contribution in [0.5, 0.6) is 0 Å². The number of fused-ring (bicyclic) bond motifs is 3. The summed E-state index contributed by atoms with van der Waals surface area (Å²) in [6.07, 6.45) is 1.91. The first-order chi connectivity index (χ1) is 12.1. The standard InChI is InChI=1S/C18H20N4O3/c23-16-5-4-15(17(24)20-16)22-9-13-12(18(22)25)2-1-3-14(13)21-7-10-6-11(8-21)19-10/h1-3,10-11,15,19H,4-9H2,(H,20,23,24). The molecule has 4 fully saturated rings. The highest BCUT2D eigenvalue weighted by molar-refractivity contribution is 6.06. The van der Waals surface area contributed by atoms with E-state index in [9.17, 15) is 14.4 Å². The number of piperazine rings is 1. The van der Waals surface area contributed by atoms with Crippen molar-refractivity contribution < 1.29 is 14.4 Å². The molecular weight excluding hydrogens is 320 g/mol. The van der Waals surface area contributed by atoms with Crippen molar-refractivity contribution in [3.05, 3.63) is 29.3 Å². The summed E-state index contributed by atoms with van der Waals surface area (Å²) in [5, 5.41) is 5.87. The van der Waals surface area contributed by atoms with Gasteiger partial charge in [-0.2, -0.15) is 0 Å². The van der Waals surface area contributed by atoms with Crippen molar-refractivity contribution in [3.8, 4) is 0 Å². The van der Waals surface area contributed by atoms with Crippen LogP contribution in [0.3, 0.4) is 0 Å². The quantitative estimate of drug-likeness (QED) is 0.741. The zero-order valence-corrected chi connectivity index (χ0v) is 13.8. The van der Waals surface area contributed by atoms with Gasteiger partial charge in [0.2, 0.25) is 11.8 Å². The second-order valence-corrected chi connectivity index (χ2v) is 7.40. The van der Waals surface area contributed by atoms with Gasteiger partial charge in [0, 0.05) is 55.0 Å². The van der Waals surface area contributed by atoms with E-state index in [4.69, 9.17) is 0 Å². The van der Waals surface area contributed by atoms with Gasteiger partial charge in [0.05, 0.1) is 0 Å². The van der Waals surface area contributed by atoms with E-state index in [1.165, 1.54) is 6.42 Å². The third kappa shape index (κ3) is 2.26. The smallest absolute Gasteiger partial charge is 0.255 e. The van der Waals surface area contributed by atoms with Crippen LogP contribution in [0.25, 0.3) is 0 Å². The summed E-state index contributed by atoms with van der Waals surface area (Å²) in [6, 6.07) is 6.37. The van der Waals surface area contributed by atoms with Crippen molar-refractivity contribution in [2.75, 3.05) is 18.0 Å². The minimum atomic E-state index is -0.554. The highest BCUT2D eigenvalue weighted by atomic mass is 16.2. The van der Waals surface area contributed by atoms with Gasteiger partial charge < -0.3 is 15.1 Å². The number of nitrogens with one attached hydrogen (secondary N) is 2. The Morgan fingerprint density at radius 1 is 1.08 bits per heavy atom. The number of rotatable bonds is 2. The zero-order valence-electron chi connectivity index (χ0n) is 13.8. The summed E-state index contributed by atoms with van der Waals surface area (Å²) in [7, 11) is 0. The molecule has 5 aliphatic rings. The average Bonchev–Trinajstić information content (AvgIpc) is 2.91. The molecule has 0 aliphatic carbocycles. The Bertz CT molecular complexity index is 777. The Labute approximate surface area is 145 Å². The fraction of sp³-hybridized carbons (Fsp3) is 0.500. The van der Waals surface area contributed by atoms with E-state index < -0.39 is 6.04 Å². The molecule has 0 radical (unpaired) electrons. The Morgan fingerprint density at radius 3 is 2.56 bits per heavy atom. The molecule has 6 rings (SSSR count). The molecule has 5 heterocycles. The van der Waals surface area contributed by atoms with Crippen LogP contribution in [0.4, 0.5) is 5.69 Å². The van der Waals surface area contributed by atoms with Crippen LogP contribution in [0.15, 0.2) is 18.2 Å². The maximum atomic E-state index is 12.9. The molecule has 7 heteroatoms. The number of nitrogens with zero attached hydrogens (tertiary/aromatic N) is 2. The fourth-order valence-electron chi connectivity index (χ4n) is 4.58. The number of anilines is 1. The van der Waals surface area contributed by atoms with Gasteiger partial charge in [0.25, 0.3) is 5.91 Å². The predicted molar refractivity (Wildman–Crippen MR) is 90.0 cm³/mol. The number of amides is 3. The normalized spacial score (nSPS) is 30.9. The molecule has 1 aromatic carbocycles. The van der Waals surface area contributed by atoms with Crippen molar-refractivity contribution >= 4 is 23.4 Å². The lowest BCUT2D eigenvalue weighted by Gasteiger charge is -2.49. The van der Waals surface area contributed by atoms with Crippen LogP contribution in [0, 0.1) is 0 Å². The zero-order chi connectivity index (χ0) is 17.1. The summed E-state index contributed by atoms with van der Waals surface area (Å²) in [5.74, 6) is -0.722. The number of benzene rings is 1. The van der Waals surface area contributed by atoms with E-state index in [-0.39, 0.29) is 24.1 Å². The highest BCUT2D eigenvalue weighted by Crippen LogP contribution is 2.36. The van der Waals surface area contributed by atoms with Gasteiger partial charge in [-0.05, 0) is 25.0 Å². The van der Waals surface area contributed by atoms with E-state index in [1.54, 1.807) is 4.90 Å². The lowest BCUT2D eigenvalue weighted by atomic mass is 9.90. The molecule has 2 N–H and O–H groups in total. The fourth-order valence-corrected chi connectivity index (χ4v) is 4.58. The molecule has 0 saturated carbocycles. The molecule has 7 nitrogen and oxygen atoms in total. The Balaban J connectivity index is 1.43. The van der Waals surface area contributed by atoms with Gasteiger partial charge in [-0.25, -0.2) is 0 Å². The second kappa shape index (κ2) is 5.29. The molecule has 3 amide bonds. The van der Waals surface area contributed by atoms with Crippen LogP contribution >= 0.6 is 0 Å². The molecule has 2 bridgehead atoms. The van der Waals surface area contributed by atoms with Gasteiger partial charge in [-0.3, -0.25) is 19.7 Å². The largest absolute Gasteiger partial charge is 0.368 e. The van der Waals surface area contributed by atoms with Crippen molar-refractivity contribution in [1.82, 2.24) is 15.5 Å². The van der Waals surface area contributed by atoms with E-state index >= 15 is 0 Å². The van der Waals surface area contributed by atoms with Gasteiger partial charge in [0.1, 0.15) is 6.04 Å². The Kier molecular flexibility index (Phi) is 3.15. The monoisotopic (exact) mass is 340 g/mol. The first-order valence-corrected chi connectivity index (χ1v) is 8.87. The van der Waals surface area contributed by atoms with Crippen LogP contribution in [0.1, 0.15) is 35.2 Å². The summed E-state index contributed by atoms with van der Waals surface area (Å²) in [4.78, 5) is 40.4. The summed E-state index contributed by atoms with van der Waals surface area (Å²) in [5.41, 5.74) is 2.81. The maximum Gasteiger partial charge on any atom is 0.255 e. The molecule has 3 atom stereocenters. The molecule has 5 aliphatic heterocycles. The molecular formula is C18H20N4O3. The summed E-state index contributed by atoms with van der Waals surface area (Å²) in [6.45, 7) is 2.36. The third-order valence-corrected chi connectivity index (χ3v) is 5.82. The van der Waals surface area contributed by atoms with Crippen molar-refractivity contribution in [1.29, 1.82) is 0 Å². The topological polar surface area (TPSA) is 81.8 Å².